The molecule has 0 spiro atoms. The number of carbonyl (C=O) groups is 1. The molecular weight excluding hydrogens is 250 g/mol. The molecule has 0 aliphatic heterocycles. The second-order valence-electron chi connectivity index (χ2n) is 4.26. The summed E-state index contributed by atoms with van der Waals surface area (Å²) in [7, 11) is 0. The Balaban J connectivity index is 2.19. The van der Waals surface area contributed by atoms with Crippen LogP contribution in [-0.4, -0.2) is 29.6 Å². The summed E-state index contributed by atoms with van der Waals surface area (Å²) in [4.78, 5) is 10.8. The lowest BCUT2D eigenvalue weighted by Crippen LogP contribution is -2.14. The lowest BCUT2D eigenvalue weighted by Gasteiger charge is -2.02. The number of nitrogens with one attached hydrogen (secondary N) is 1. The van der Waals surface area contributed by atoms with Gasteiger partial charge in [0.25, 0.3) is 0 Å². The first-order chi connectivity index (χ1) is 8.65. The third-order valence-corrected chi connectivity index (χ3v) is 3.36. The van der Waals surface area contributed by atoms with Crippen molar-refractivity contribution in [3.8, 4) is 0 Å². The van der Waals surface area contributed by atoms with E-state index in [2.05, 4.69) is 11.6 Å². The fourth-order valence-electron chi connectivity index (χ4n) is 1.73. The topological polar surface area (TPSA) is 62.5 Å². The van der Waals surface area contributed by atoms with Crippen molar-refractivity contribution in [2.75, 3.05) is 18.6 Å². The molecule has 1 heterocycles. The zero-order valence-corrected chi connectivity index (χ0v) is 11.8. The van der Waals surface area contributed by atoms with Crippen molar-refractivity contribution in [1.82, 2.24) is 5.32 Å². The molecule has 5 heteroatoms. The van der Waals surface area contributed by atoms with Crippen molar-refractivity contribution in [2.45, 2.75) is 32.7 Å². The van der Waals surface area contributed by atoms with Gasteiger partial charge in [0.05, 0.1) is 6.54 Å². The van der Waals surface area contributed by atoms with E-state index in [0.29, 0.717) is 17.9 Å². The minimum Gasteiger partial charge on any atom is -0.475 e. The van der Waals surface area contributed by atoms with Crippen LogP contribution in [0, 0.1) is 6.92 Å². The number of aryl methyl sites for hydroxylation is 1. The fourth-order valence-corrected chi connectivity index (χ4v) is 2.23. The van der Waals surface area contributed by atoms with Crippen molar-refractivity contribution in [1.29, 1.82) is 0 Å². The molecule has 0 saturated heterocycles. The second kappa shape index (κ2) is 8.21. The molecule has 0 atom stereocenters. The number of aromatic carboxylic acids is 1. The van der Waals surface area contributed by atoms with Crippen LogP contribution in [0.15, 0.2) is 10.5 Å². The van der Waals surface area contributed by atoms with Gasteiger partial charge in [0.1, 0.15) is 5.76 Å². The van der Waals surface area contributed by atoms with Crippen molar-refractivity contribution in [2.24, 2.45) is 0 Å². The minimum atomic E-state index is -1.00. The zero-order chi connectivity index (χ0) is 13.4. The van der Waals surface area contributed by atoms with Gasteiger partial charge in [0.15, 0.2) is 0 Å². The first kappa shape index (κ1) is 15.1. The van der Waals surface area contributed by atoms with Crippen LogP contribution in [0.3, 0.4) is 0 Å². The predicted molar refractivity (Wildman–Crippen MR) is 74.3 cm³/mol. The number of thioether (sulfide) groups is 1. The molecule has 1 aromatic rings. The molecule has 0 unspecified atom stereocenters. The molecular formula is C13H21NO3S. The molecule has 1 aromatic heterocycles. The van der Waals surface area contributed by atoms with Gasteiger partial charge in [-0.2, -0.15) is 11.8 Å². The van der Waals surface area contributed by atoms with Crippen LogP contribution in [0.2, 0.25) is 0 Å². The smallest absolute Gasteiger partial charge is 0.372 e. The summed E-state index contributed by atoms with van der Waals surface area (Å²) >= 11 is 1.88. The molecule has 4 nitrogen and oxygen atoms in total. The maximum atomic E-state index is 10.8. The Morgan fingerprint density at radius 3 is 2.83 bits per heavy atom. The summed E-state index contributed by atoms with van der Waals surface area (Å²) in [5.41, 5.74) is 0.680. The standard InChI is InChI=1S/C13H21NO3S/c1-10-8-11(17-12(10)13(15)16)9-14-6-4-3-5-7-18-2/h8,14H,3-7,9H2,1-2H3,(H,15,16). The number of furan rings is 1. The number of hydrogen-bond acceptors (Lipinski definition) is 4. The van der Waals surface area contributed by atoms with Gasteiger partial charge in [-0.05, 0) is 44.4 Å². The van der Waals surface area contributed by atoms with Crippen molar-refractivity contribution in [3.63, 3.8) is 0 Å². The number of carboxylic acids is 1. The van der Waals surface area contributed by atoms with E-state index in [1.54, 1.807) is 13.0 Å². The Hall–Kier alpha value is -0.940. The molecule has 2 N–H and O–H groups in total. The molecule has 102 valence electrons. The zero-order valence-electron chi connectivity index (χ0n) is 11.0. The fraction of sp³-hybridized carbons (Fsp3) is 0.615. The van der Waals surface area contributed by atoms with Gasteiger partial charge in [-0.1, -0.05) is 6.42 Å². The van der Waals surface area contributed by atoms with E-state index >= 15 is 0 Å². The highest BCUT2D eigenvalue weighted by molar-refractivity contribution is 7.98. The van der Waals surface area contributed by atoms with Gasteiger partial charge in [-0.25, -0.2) is 4.79 Å². The summed E-state index contributed by atoms with van der Waals surface area (Å²) in [6.45, 7) is 3.28. The molecule has 0 bridgehead atoms. The lowest BCUT2D eigenvalue weighted by atomic mass is 10.2. The predicted octanol–water partition coefficient (Wildman–Crippen LogP) is 2.91. The van der Waals surface area contributed by atoms with Crippen molar-refractivity contribution >= 4 is 17.7 Å². The number of unbranched alkanes of at least 4 members (excludes halogenated alkanes) is 2. The van der Waals surface area contributed by atoms with Crippen molar-refractivity contribution in [3.05, 3.63) is 23.2 Å². The van der Waals surface area contributed by atoms with E-state index in [1.165, 1.54) is 18.6 Å². The Labute approximate surface area is 112 Å². The van der Waals surface area contributed by atoms with E-state index in [-0.39, 0.29) is 5.76 Å². The van der Waals surface area contributed by atoms with Gasteiger partial charge >= 0.3 is 5.97 Å². The van der Waals surface area contributed by atoms with Crippen LogP contribution in [0.25, 0.3) is 0 Å². The van der Waals surface area contributed by atoms with E-state index in [1.807, 2.05) is 11.8 Å². The molecule has 0 aromatic carbocycles. The Morgan fingerprint density at radius 2 is 2.22 bits per heavy atom. The highest BCUT2D eigenvalue weighted by atomic mass is 32.2. The SMILES string of the molecule is CSCCCCCNCc1cc(C)c(C(=O)O)o1. The van der Waals surface area contributed by atoms with Gasteiger partial charge in [-0.3, -0.25) is 0 Å². The molecule has 0 fully saturated rings. The first-order valence-electron chi connectivity index (χ1n) is 6.17. The molecule has 18 heavy (non-hydrogen) atoms. The Bertz CT molecular complexity index is 376. The third-order valence-electron chi connectivity index (χ3n) is 2.66. The Kier molecular flexibility index (Phi) is 6.90. The first-order valence-corrected chi connectivity index (χ1v) is 7.56. The second-order valence-corrected chi connectivity index (χ2v) is 5.25. The largest absolute Gasteiger partial charge is 0.475 e. The average Bonchev–Trinajstić information content (AvgIpc) is 2.69. The van der Waals surface area contributed by atoms with Crippen LogP contribution >= 0.6 is 11.8 Å². The van der Waals surface area contributed by atoms with Crippen LogP contribution in [0.4, 0.5) is 0 Å². The highest BCUT2D eigenvalue weighted by Gasteiger charge is 2.13. The average molecular weight is 271 g/mol. The van der Waals surface area contributed by atoms with Crippen LogP contribution in [0.1, 0.15) is 41.1 Å². The molecule has 0 radical (unpaired) electrons. The minimum absolute atomic E-state index is 0.0479. The number of hydrogen-bond donors (Lipinski definition) is 2. The van der Waals surface area contributed by atoms with Crippen molar-refractivity contribution < 1.29 is 14.3 Å². The molecule has 0 amide bonds. The van der Waals surface area contributed by atoms with Crippen LogP contribution < -0.4 is 5.32 Å². The van der Waals surface area contributed by atoms with Crippen LogP contribution in [-0.2, 0) is 6.54 Å². The molecule has 0 aliphatic carbocycles. The molecule has 0 saturated carbocycles. The maximum Gasteiger partial charge on any atom is 0.372 e. The van der Waals surface area contributed by atoms with Crippen LogP contribution in [0.5, 0.6) is 0 Å². The highest BCUT2D eigenvalue weighted by Crippen LogP contribution is 2.14. The lowest BCUT2D eigenvalue weighted by molar-refractivity contribution is 0.0659. The number of carboxylic acid groups (broad SMARTS) is 1. The normalized spacial score (nSPS) is 10.8. The quantitative estimate of drug-likeness (QED) is 0.676. The van der Waals surface area contributed by atoms with E-state index in [4.69, 9.17) is 9.52 Å². The molecule has 0 aliphatic rings. The molecule has 1 rings (SSSR count). The summed E-state index contributed by atoms with van der Waals surface area (Å²) in [6, 6.07) is 1.78. The monoisotopic (exact) mass is 271 g/mol. The maximum absolute atomic E-state index is 10.8. The van der Waals surface area contributed by atoms with Gasteiger partial charge in [0.2, 0.25) is 5.76 Å². The Morgan fingerprint density at radius 1 is 1.44 bits per heavy atom. The van der Waals surface area contributed by atoms with E-state index < -0.39 is 5.97 Å². The summed E-state index contributed by atoms with van der Waals surface area (Å²) in [5, 5.41) is 12.1. The summed E-state index contributed by atoms with van der Waals surface area (Å²) < 4.78 is 5.26. The van der Waals surface area contributed by atoms with Gasteiger partial charge < -0.3 is 14.8 Å². The summed E-state index contributed by atoms with van der Waals surface area (Å²) in [6.07, 6.45) is 5.75. The third kappa shape index (κ3) is 5.14. The van der Waals surface area contributed by atoms with Gasteiger partial charge in [-0.15, -0.1) is 0 Å². The number of rotatable bonds is 9. The van der Waals surface area contributed by atoms with Gasteiger partial charge in [0, 0.05) is 5.56 Å². The van der Waals surface area contributed by atoms with E-state index in [0.717, 1.165) is 13.0 Å². The summed E-state index contributed by atoms with van der Waals surface area (Å²) in [5.74, 6) is 0.955. The van der Waals surface area contributed by atoms with E-state index in [9.17, 15) is 4.79 Å².